The van der Waals surface area contributed by atoms with Crippen molar-refractivity contribution in [1.29, 1.82) is 0 Å². The molecular weight excluding hydrogens is 320 g/mol. The Labute approximate surface area is 126 Å². The van der Waals surface area contributed by atoms with E-state index in [1.807, 2.05) is 19.1 Å². The van der Waals surface area contributed by atoms with Crippen molar-refractivity contribution in [3.8, 4) is 5.75 Å². The molecule has 0 saturated heterocycles. The molecule has 1 unspecified atom stereocenters. The van der Waals surface area contributed by atoms with Crippen LogP contribution in [0, 0.1) is 6.92 Å². The lowest BCUT2D eigenvalue weighted by molar-refractivity contribution is 0.315. The number of halogens is 1. The summed E-state index contributed by atoms with van der Waals surface area (Å²) in [6.45, 7) is 3.38. The molecule has 1 aromatic carbocycles. The molecule has 2 aromatic rings. The third-order valence-electron chi connectivity index (χ3n) is 3.45. The Morgan fingerprint density at radius 2 is 2.30 bits per heavy atom. The van der Waals surface area contributed by atoms with Crippen LogP contribution in [0.25, 0.3) is 0 Å². The Bertz CT molecular complexity index is 597. The Kier molecular flexibility index (Phi) is 4.08. The van der Waals surface area contributed by atoms with Gasteiger partial charge in [0.25, 0.3) is 0 Å². The summed E-state index contributed by atoms with van der Waals surface area (Å²) in [7, 11) is 0. The molecule has 0 aliphatic carbocycles. The normalized spacial score (nSPS) is 18.2. The number of hydrogen-bond donors (Lipinski definition) is 1. The first kappa shape index (κ1) is 13.6. The fourth-order valence-corrected chi connectivity index (χ4v) is 2.83. The van der Waals surface area contributed by atoms with E-state index in [1.165, 1.54) is 5.56 Å². The number of nitrogens with zero attached hydrogens (tertiary/aromatic N) is 1. The predicted octanol–water partition coefficient (Wildman–Crippen LogP) is 3.75. The number of aryl methyl sites for hydroxylation is 1. The van der Waals surface area contributed by atoms with Crippen LogP contribution < -0.4 is 10.1 Å². The highest BCUT2D eigenvalue weighted by Crippen LogP contribution is 2.33. The van der Waals surface area contributed by atoms with Gasteiger partial charge in [-0.2, -0.15) is 0 Å². The summed E-state index contributed by atoms with van der Waals surface area (Å²) < 4.78 is 12.0. The smallest absolute Gasteiger partial charge is 0.133 e. The van der Waals surface area contributed by atoms with E-state index in [0.717, 1.165) is 41.1 Å². The average molecular weight is 337 g/mol. The molecule has 0 saturated carbocycles. The van der Waals surface area contributed by atoms with E-state index in [2.05, 4.69) is 38.5 Å². The van der Waals surface area contributed by atoms with Crippen LogP contribution in [-0.4, -0.2) is 11.8 Å². The van der Waals surface area contributed by atoms with E-state index < -0.39 is 0 Å². The minimum absolute atomic E-state index is 0.289. The topological polar surface area (TPSA) is 47.3 Å². The van der Waals surface area contributed by atoms with Gasteiger partial charge < -0.3 is 14.6 Å². The summed E-state index contributed by atoms with van der Waals surface area (Å²) in [4.78, 5) is 0. The SMILES string of the molecule is Cc1cc(CNC2CCCOc3cc(Br)ccc32)no1. The van der Waals surface area contributed by atoms with Crippen molar-refractivity contribution in [3.05, 3.63) is 45.8 Å². The van der Waals surface area contributed by atoms with Crippen LogP contribution in [0.5, 0.6) is 5.75 Å². The second kappa shape index (κ2) is 5.97. The lowest BCUT2D eigenvalue weighted by atomic mass is 10.0. The van der Waals surface area contributed by atoms with Crippen LogP contribution in [0.4, 0.5) is 0 Å². The maximum atomic E-state index is 5.81. The van der Waals surface area contributed by atoms with Gasteiger partial charge in [0, 0.05) is 28.7 Å². The van der Waals surface area contributed by atoms with E-state index in [9.17, 15) is 0 Å². The second-order valence-electron chi connectivity index (χ2n) is 5.04. The number of nitrogens with one attached hydrogen (secondary N) is 1. The number of hydrogen-bond acceptors (Lipinski definition) is 4. The molecular formula is C15H17BrN2O2. The molecule has 0 amide bonds. The van der Waals surface area contributed by atoms with Gasteiger partial charge in [-0.15, -0.1) is 0 Å². The second-order valence-corrected chi connectivity index (χ2v) is 5.95. The monoisotopic (exact) mass is 336 g/mol. The minimum atomic E-state index is 0.289. The van der Waals surface area contributed by atoms with Crippen LogP contribution >= 0.6 is 15.9 Å². The van der Waals surface area contributed by atoms with Crippen LogP contribution in [0.3, 0.4) is 0 Å². The van der Waals surface area contributed by atoms with Crippen LogP contribution in [0.1, 0.15) is 35.9 Å². The zero-order chi connectivity index (χ0) is 13.9. The van der Waals surface area contributed by atoms with Crippen molar-refractivity contribution in [2.45, 2.75) is 32.4 Å². The molecule has 4 nitrogen and oxygen atoms in total. The standard InChI is InChI=1S/C15H17BrN2O2/c1-10-7-12(18-20-10)9-17-14-3-2-6-19-15-8-11(16)4-5-13(14)15/h4-5,7-8,14,17H,2-3,6,9H2,1H3. The zero-order valence-corrected chi connectivity index (χ0v) is 12.9. The first-order valence-electron chi connectivity index (χ1n) is 6.80. The fourth-order valence-electron chi connectivity index (χ4n) is 2.49. The first-order valence-corrected chi connectivity index (χ1v) is 7.59. The van der Waals surface area contributed by atoms with Gasteiger partial charge in [-0.3, -0.25) is 0 Å². The van der Waals surface area contributed by atoms with Gasteiger partial charge in [-0.05, 0) is 31.9 Å². The first-order chi connectivity index (χ1) is 9.72. The summed E-state index contributed by atoms with van der Waals surface area (Å²) in [5, 5.41) is 7.57. The van der Waals surface area contributed by atoms with Crippen molar-refractivity contribution < 1.29 is 9.26 Å². The Hall–Kier alpha value is -1.33. The molecule has 20 heavy (non-hydrogen) atoms. The van der Waals surface area contributed by atoms with E-state index in [-0.39, 0.29) is 6.04 Å². The van der Waals surface area contributed by atoms with Crippen molar-refractivity contribution in [2.75, 3.05) is 6.61 Å². The summed E-state index contributed by atoms with van der Waals surface area (Å²) in [5.74, 6) is 1.81. The van der Waals surface area contributed by atoms with E-state index in [1.54, 1.807) is 0 Å². The van der Waals surface area contributed by atoms with Gasteiger partial charge in [-0.1, -0.05) is 27.2 Å². The molecule has 1 aromatic heterocycles. The number of aromatic nitrogens is 1. The molecule has 0 bridgehead atoms. The Morgan fingerprint density at radius 3 is 3.10 bits per heavy atom. The quantitative estimate of drug-likeness (QED) is 0.927. The van der Waals surface area contributed by atoms with Gasteiger partial charge in [0.05, 0.1) is 12.3 Å². The maximum Gasteiger partial charge on any atom is 0.133 e. The van der Waals surface area contributed by atoms with E-state index in [0.29, 0.717) is 6.54 Å². The van der Waals surface area contributed by atoms with Gasteiger partial charge in [-0.25, -0.2) is 0 Å². The van der Waals surface area contributed by atoms with Crippen LogP contribution in [-0.2, 0) is 6.54 Å². The van der Waals surface area contributed by atoms with Gasteiger partial charge in [0.2, 0.25) is 0 Å². The average Bonchev–Trinajstić information content (AvgIpc) is 2.74. The molecule has 0 spiro atoms. The largest absolute Gasteiger partial charge is 0.493 e. The fraction of sp³-hybridized carbons (Fsp3) is 0.400. The molecule has 1 atom stereocenters. The van der Waals surface area contributed by atoms with Crippen molar-refractivity contribution >= 4 is 15.9 Å². The third kappa shape index (κ3) is 3.04. The molecule has 0 fully saturated rings. The predicted molar refractivity (Wildman–Crippen MR) is 79.7 cm³/mol. The molecule has 3 rings (SSSR count). The molecule has 1 aliphatic rings. The molecule has 2 heterocycles. The lowest BCUT2D eigenvalue weighted by Crippen LogP contribution is -2.20. The van der Waals surface area contributed by atoms with Gasteiger partial charge in [0.1, 0.15) is 11.5 Å². The number of rotatable bonds is 3. The summed E-state index contributed by atoms with van der Waals surface area (Å²) in [6, 6.07) is 8.47. The molecule has 1 N–H and O–H groups in total. The van der Waals surface area contributed by atoms with Gasteiger partial charge >= 0.3 is 0 Å². The molecule has 5 heteroatoms. The third-order valence-corrected chi connectivity index (χ3v) is 3.95. The molecule has 1 aliphatic heterocycles. The zero-order valence-electron chi connectivity index (χ0n) is 11.4. The minimum Gasteiger partial charge on any atom is -0.493 e. The highest BCUT2D eigenvalue weighted by atomic mass is 79.9. The highest BCUT2D eigenvalue weighted by molar-refractivity contribution is 9.10. The van der Waals surface area contributed by atoms with Crippen LogP contribution in [0.2, 0.25) is 0 Å². The summed E-state index contributed by atoms with van der Waals surface area (Å²) in [5.41, 5.74) is 2.15. The Morgan fingerprint density at radius 1 is 1.40 bits per heavy atom. The highest BCUT2D eigenvalue weighted by Gasteiger charge is 2.19. The van der Waals surface area contributed by atoms with E-state index in [4.69, 9.17) is 9.26 Å². The van der Waals surface area contributed by atoms with Crippen molar-refractivity contribution in [1.82, 2.24) is 10.5 Å². The number of fused-ring (bicyclic) bond motifs is 1. The Balaban J connectivity index is 1.76. The van der Waals surface area contributed by atoms with Crippen molar-refractivity contribution in [3.63, 3.8) is 0 Å². The van der Waals surface area contributed by atoms with Gasteiger partial charge in [0.15, 0.2) is 0 Å². The summed E-state index contributed by atoms with van der Waals surface area (Å²) in [6.07, 6.45) is 2.10. The number of benzene rings is 1. The molecule has 0 radical (unpaired) electrons. The molecule has 106 valence electrons. The van der Waals surface area contributed by atoms with E-state index >= 15 is 0 Å². The summed E-state index contributed by atoms with van der Waals surface area (Å²) >= 11 is 3.49. The van der Waals surface area contributed by atoms with Crippen LogP contribution in [0.15, 0.2) is 33.3 Å². The van der Waals surface area contributed by atoms with Crippen molar-refractivity contribution in [2.24, 2.45) is 0 Å². The maximum absolute atomic E-state index is 5.81. The lowest BCUT2D eigenvalue weighted by Gasteiger charge is -2.17. The number of ether oxygens (including phenoxy) is 1.